The highest BCUT2D eigenvalue weighted by atomic mass is 32.1. The average molecular weight is 296 g/mol. The molecule has 20 heavy (non-hydrogen) atoms. The Labute approximate surface area is 127 Å². The fourth-order valence-electron chi connectivity index (χ4n) is 2.13. The second-order valence-corrected chi connectivity index (χ2v) is 8.76. The van der Waals surface area contributed by atoms with Crippen LogP contribution in [0.1, 0.15) is 65.1 Å². The van der Waals surface area contributed by atoms with Gasteiger partial charge in [-0.2, -0.15) is 0 Å². The van der Waals surface area contributed by atoms with Crippen molar-refractivity contribution in [1.29, 1.82) is 0 Å². The van der Waals surface area contributed by atoms with Crippen molar-refractivity contribution >= 4 is 17.1 Å². The summed E-state index contributed by atoms with van der Waals surface area (Å²) in [6.45, 7) is 12.8. The first kappa shape index (κ1) is 17.3. The molecule has 2 N–H and O–H groups in total. The molecule has 0 saturated carbocycles. The predicted molar refractivity (Wildman–Crippen MR) is 86.2 cm³/mol. The first-order chi connectivity index (χ1) is 8.97. The van der Waals surface area contributed by atoms with Crippen molar-refractivity contribution in [1.82, 2.24) is 4.98 Å². The lowest BCUT2D eigenvalue weighted by atomic mass is 9.86. The van der Waals surface area contributed by atoms with Gasteiger partial charge in [0.2, 0.25) is 0 Å². The van der Waals surface area contributed by atoms with Crippen molar-refractivity contribution in [3.63, 3.8) is 0 Å². The second-order valence-electron chi connectivity index (χ2n) is 7.82. The molecule has 0 amide bonds. The van der Waals surface area contributed by atoms with Crippen LogP contribution in [-0.2, 0) is 16.6 Å². The van der Waals surface area contributed by atoms with Crippen molar-refractivity contribution in [2.45, 2.75) is 72.3 Å². The molecule has 0 aromatic carbocycles. The first-order valence-corrected chi connectivity index (χ1v) is 8.07. The molecule has 114 valence electrons. The van der Waals surface area contributed by atoms with Gasteiger partial charge in [-0.1, -0.05) is 41.5 Å². The van der Waals surface area contributed by atoms with Crippen LogP contribution in [0.3, 0.4) is 0 Å². The van der Waals surface area contributed by atoms with Crippen LogP contribution in [0.5, 0.6) is 0 Å². The van der Waals surface area contributed by atoms with Crippen molar-refractivity contribution < 1.29 is 4.79 Å². The Hall–Kier alpha value is -0.740. The molecular formula is C16H28N2OS. The quantitative estimate of drug-likeness (QED) is 0.901. The van der Waals surface area contributed by atoms with E-state index in [0.717, 1.165) is 17.1 Å². The Kier molecular flexibility index (Phi) is 5.50. The normalized spacial score (nSPS) is 14.3. The summed E-state index contributed by atoms with van der Waals surface area (Å²) in [6.07, 6.45) is 1.73. The maximum atomic E-state index is 12.1. The summed E-state index contributed by atoms with van der Waals surface area (Å²) in [6, 6.07) is -0.0513. The summed E-state index contributed by atoms with van der Waals surface area (Å²) >= 11 is 1.57. The van der Waals surface area contributed by atoms with E-state index in [0.29, 0.717) is 12.8 Å². The lowest BCUT2D eigenvalue weighted by Crippen LogP contribution is -2.29. The number of thiazole rings is 1. The molecule has 3 nitrogen and oxygen atoms in total. The number of nitrogens with zero attached hydrogens (tertiary/aromatic N) is 1. The smallest absolute Gasteiger partial charge is 0.141 e. The van der Waals surface area contributed by atoms with Gasteiger partial charge in [0.1, 0.15) is 10.8 Å². The molecular weight excluding hydrogens is 268 g/mol. The predicted octanol–water partition coefficient (Wildman–Crippen LogP) is 3.71. The largest absolute Gasteiger partial charge is 0.327 e. The number of rotatable bonds is 5. The third-order valence-corrected chi connectivity index (χ3v) is 3.88. The number of aromatic nitrogens is 1. The van der Waals surface area contributed by atoms with Gasteiger partial charge >= 0.3 is 0 Å². The van der Waals surface area contributed by atoms with E-state index in [9.17, 15) is 4.79 Å². The van der Waals surface area contributed by atoms with Crippen LogP contribution in [0.25, 0.3) is 0 Å². The summed E-state index contributed by atoms with van der Waals surface area (Å²) < 4.78 is 0. The highest BCUT2D eigenvalue weighted by molar-refractivity contribution is 7.09. The molecule has 0 bridgehead atoms. The topological polar surface area (TPSA) is 56.0 Å². The van der Waals surface area contributed by atoms with Crippen LogP contribution in [0.4, 0.5) is 0 Å². The molecule has 0 saturated heterocycles. The van der Waals surface area contributed by atoms with E-state index in [4.69, 9.17) is 5.73 Å². The third kappa shape index (κ3) is 6.14. The minimum absolute atomic E-state index is 0.0421. The maximum absolute atomic E-state index is 12.1. The summed E-state index contributed by atoms with van der Waals surface area (Å²) in [5.41, 5.74) is 7.32. The fourth-order valence-corrected chi connectivity index (χ4v) is 3.18. The molecule has 0 aliphatic rings. The summed E-state index contributed by atoms with van der Waals surface area (Å²) in [5.74, 6) is 0.191. The molecule has 4 heteroatoms. The zero-order valence-corrected chi connectivity index (χ0v) is 14.4. The molecule has 1 aromatic heterocycles. The van der Waals surface area contributed by atoms with Crippen molar-refractivity contribution in [3.8, 4) is 0 Å². The van der Waals surface area contributed by atoms with Crippen molar-refractivity contribution in [2.75, 3.05) is 0 Å². The SMILES string of the molecule is CC(C)(C)CC(N)CC(=O)Cc1nc(C(C)(C)C)cs1. The van der Waals surface area contributed by atoms with E-state index in [-0.39, 0.29) is 22.7 Å². The standard InChI is InChI=1S/C16H28N2OS/c1-15(2,3)9-11(17)7-12(19)8-14-18-13(10-20-14)16(4,5)6/h10-11H,7-9,17H2,1-6H3. The maximum Gasteiger partial charge on any atom is 0.141 e. The molecule has 1 unspecified atom stereocenters. The molecule has 1 atom stereocenters. The van der Waals surface area contributed by atoms with E-state index in [1.54, 1.807) is 11.3 Å². The van der Waals surface area contributed by atoms with Crippen LogP contribution in [0.2, 0.25) is 0 Å². The van der Waals surface area contributed by atoms with Crippen LogP contribution in [0, 0.1) is 5.41 Å². The summed E-state index contributed by atoms with van der Waals surface area (Å²) in [7, 11) is 0. The van der Waals surface area contributed by atoms with Gasteiger partial charge in [-0.05, 0) is 11.8 Å². The van der Waals surface area contributed by atoms with Crippen molar-refractivity contribution in [2.24, 2.45) is 11.1 Å². The molecule has 1 rings (SSSR count). The average Bonchev–Trinajstić information content (AvgIpc) is 2.61. The van der Waals surface area contributed by atoms with Gasteiger partial charge in [-0.15, -0.1) is 11.3 Å². The number of hydrogen-bond donors (Lipinski definition) is 1. The van der Waals surface area contributed by atoms with Gasteiger partial charge in [-0.3, -0.25) is 4.79 Å². The summed E-state index contributed by atoms with van der Waals surface area (Å²) in [5, 5.41) is 2.96. The van der Waals surface area contributed by atoms with E-state index in [2.05, 4.69) is 51.9 Å². The van der Waals surface area contributed by atoms with E-state index >= 15 is 0 Å². The number of nitrogens with two attached hydrogens (primary N) is 1. The molecule has 0 aliphatic carbocycles. The molecule has 0 fully saturated rings. The number of carbonyl (C=O) groups excluding carboxylic acids is 1. The van der Waals surface area contributed by atoms with Crippen molar-refractivity contribution in [3.05, 3.63) is 16.1 Å². The Bertz CT molecular complexity index is 452. The minimum atomic E-state index is -0.0513. The zero-order valence-electron chi connectivity index (χ0n) is 13.6. The molecule has 1 heterocycles. The summed E-state index contributed by atoms with van der Waals surface area (Å²) in [4.78, 5) is 16.6. The van der Waals surface area contributed by atoms with Gasteiger partial charge in [0.15, 0.2) is 0 Å². The lowest BCUT2D eigenvalue weighted by molar-refractivity contribution is -0.118. The van der Waals surface area contributed by atoms with Gasteiger partial charge in [0, 0.05) is 23.3 Å². The molecule has 0 radical (unpaired) electrons. The Morgan fingerprint density at radius 2 is 1.90 bits per heavy atom. The van der Waals surface area contributed by atoms with Crippen LogP contribution in [-0.4, -0.2) is 16.8 Å². The van der Waals surface area contributed by atoms with Crippen LogP contribution < -0.4 is 5.73 Å². The monoisotopic (exact) mass is 296 g/mol. The fraction of sp³-hybridized carbons (Fsp3) is 0.750. The highest BCUT2D eigenvalue weighted by Gasteiger charge is 2.21. The van der Waals surface area contributed by atoms with E-state index in [1.165, 1.54) is 0 Å². The van der Waals surface area contributed by atoms with Gasteiger partial charge in [0.05, 0.1) is 12.1 Å². The van der Waals surface area contributed by atoms with Crippen LogP contribution >= 0.6 is 11.3 Å². The molecule has 1 aromatic rings. The molecule has 0 spiro atoms. The van der Waals surface area contributed by atoms with Gasteiger partial charge < -0.3 is 5.73 Å². The molecule has 0 aliphatic heterocycles. The Morgan fingerprint density at radius 3 is 2.35 bits per heavy atom. The Balaban J connectivity index is 2.53. The third-order valence-electron chi connectivity index (χ3n) is 3.03. The van der Waals surface area contributed by atoms with E-state index in [1.807, 2.05) is 0 Å². The van der Waals surface area contributed by atoms with Crippen LogP contribution in [0.15, 0.2) is 5.38 Å². The number of carbonyl (C=O) groups is 1. The first-order valence-electron chi connectivity index (χ1n) is 7.19. The Morgan fingerprint density at radius 1 is 1.30 bits per heavy atom. The van der Waals surface area contributed by atoms with E-state index < -0.39 is 0 Å². The lowest BCUT2D eigenvalue weighted by Gasteiger charge is -2.22. The number of hydrogen-bond acceptors (Lipinski definition) is 4. The minimum Gasteiger partial charge on any atom is -0.327 e. The van der Waals surface area contributed by atoms with Gasteiger partial charge in [0.25, 0.3) is 0 Å². The number of ketones is 1. The second kappa shape index (κ2) is 6.35. The zero-order chi connectivity index (χ0) is 15.6. The van der Waals surface area contributed by atoms with Gasteiger partial charge in [-0.25, -0.2) is 4.98 Å². The highest BCUT2D eigenvalue weighted by Crippen LogP contribution is 2.25. The number of Topliss-reactive ketones (excluding diaryl/α,β-unsaturated/α-hetero) is 1.